The van der Waals surface area contributed by atoms with E-state index < -0.39 is 0 Å². The molecule has 2 heterocycles. The fourth-order valence-corrected chi connectivity index (χ4v) is 3.03. The molecule has 1 aliphatic rings. The third kappa shape index (κ3) is 2.09. The molecule has 2 aromatic carbocycles. The zero-order valence-corrected chi connectivity index (χ0v) is 11.7. The van der Waals surface area contributed by atoms with Gasteiger partial charge in [-0.2, -0.15) is 10.2 Å². The predicted octanol–water partition coefficient (Wildman–Crippen LogP) is 2.77. The zero-order chi connectivity index (χ0) is 14.2. The molecular formula is C17H16N4. The summed E-state index contributed by atoms with van der Waals surface area (Å²) >= 11 is 0. The number of nitrogens with two attached hydrogens (primary N) is 1. The van der Waals surface area contributed by atoms with Gasteiger partial charge in [-0.1, -0.05) is 24.3 Å². The van der Waals surface area contributed by atoms with Crippen LogP contribution in [0.4, 0.5) is 11.4 Å². The molecule has 0 atom stereocenters. The van der Waals surface area contributed by atoms with Gasteiger partial charge < -0.3 is 10.6 Å². The SMILES string of the molecule is Nc1ccc2c(c1)CN(c1cnnc3ccccc13)CC2. The lowest BCUT2D eigenvalue weighted by Gasteiger charge is -2.31. The third-order valence-corrected chi connectivity index (χ3v) is 4.11. The number of hydrogen-bond acceptors (Lipinski definition) is 4. The van der Waals surface area contributed by atoms with Crippen LogP contribution in [-0.4, -0.2) is 16.7 Å². The number of aromatic nitrogens is 2. The number of nitrogens with zero attached hydrogens (tertiary/aromatic N) is 3. The summed E-state index contributed by atoms with van der Waals surface area (Å²) in [4.78, 5) is 2.36. The second-order valence-electron chi connectivity index (χ2n) is 5.45. The van der Waals surface area contributed by atoms with E-state index in [2.05, 4.69) is 33.3 Å². The van der Waals surface area contributed by atoms with E-state index in [1.54, 1.807) is 0 Å². The maximum Gasteiger partial charge on any atom is 0.0950 e. The summed E-state index contributed by atoms with van der Waals surface area (Å²) in [7, 11) is 0. The molecule has 0 spiro atoms. The standard InChI is InChI=1S/C17H16N4/c18-14-6-5-12-7-8-21(11-13(12)9-14)17-10-19-20-16-4-2-1-3-15(16)17/h1-6,9-10H,7-8,11,18H2. The summed E-state index contributed by atoms with van der Waals surface area (Å²) < 4.78 is 0. The average molecular weight is 276 g/mol. The van der Waals surface area contributed by atoms with E-state index in [0.717, 1.165) is 41.8 Å². The van der Waals surface area contributed by atoms with Crippen molar-refractivity contribution in [2.45, 2.75) is 13.0 Å². The highest BCUT2D eigenvalue weighted by Crippen LogP contribution is 2.29. The van der Waals surface area contributed by atoms with Gasteiger partial charge in [-0.3, -0.25) is 0 Å². The highest BCUT2D eigenvalue weighted by atomic mass is 15.2. The van der Waals surface area contributed by atoms with Crippen LogP contribution in [0.15, 0.2) is 48.7 Å². The zero-order valence-electron chi connectivity index (χ0n) is 11.7. The molecule has 3 aromatic rings. The molecule has 2 N–H and O–H groups in total. The number of hydrogen-bond donors (Lipinski definition) is 1. The molecule has 21 heavy (non-hydrogen) atoms. The Kier molecular flexibility index (Phi) is 2.74. The quantitative estimate of drug-likeness (QED) is 0.694. The average Bonchev–Trinajstić information content (AvgIpc) is 2.53. The summed E-state index contributed by atoms with van der Waals surface area (Å²) in [6.45, 7) is 1.86. The van der Waals surface area contributed by atoms with E-state index in [1.165, 1.54) is 11.1 Å². The normalized spacial score (nSPS) is 14.2. The van der Waals surface area contributed by atoms with Crippen LogP contribution in [0.25, 0.3) is 10.9 Å². The van der Waals surface area contributed by atoms with Crippen molar-refractivity contribution in [3.8, 4) is 0 Å². The van der Waals surface area contributed by atoms with E-state index in [1.807, 2.05) is 30.5 Å². The van der Waals surface area contributed by atoms with Gasteiger partial charge >= 0.3 is 0 Å². The van der Waals surface area contributed by atoms with Crippen molar-refractivity contribution in [3.63, 3.8) is 0 Å². The van der Waals surface area contributed by atoms with Crippen LogP contribution in [0.2, 0.25) is 0 Å². The lowest BCUT2D eigenvalue weighted by atomic mass is 9.98. The molecule has 0 unspecified atom stereocenters. The maximum atomic E-state index is 5.92. The molecule has 1 aliphatic heterocycles. The minimum Gasteiger partial charge on any atom is -0.399 e. The molecule has 4 heteroatoms. The van der Waals surface area contributed by atoms with Crippen molar-refractivity contribution >= 4 is 22.3 Å². The van der Waals surface area contributed by atoms with Crippen molar-refractivity contribution in [3.05, 3.63) is 59.8 Å². The largest absolute Gasteiger partial charge is 0.399 e. The van der Waals surface area contributed by atoms with Gasteiger partial charge in [0.1, 0.15) is 0 Å². The van der Waals surface area contributed by atoms with Gasteiger partial charge in [-0.05, 0) is 35.7 Å². The number of rotatable bonds is 1. The molecular weight excluding hydrogens is 260 g/mol. The first-order valence-electron chi connectivity index (χ1n) is 7.14. The molecule has 4 nitrogen and oxygen atoms in total. The van der Waals surface area contributed by atoms with Gasteiger partial charge in [0.2, 0.25) is 0 Å². The van der Waals surface area contributed by atoms with Gasteiger partial charge in [-0.25, -0.2) is 0 Å². The molecule has 0 saturated heterocycles. The molecule has 0 fully saturated rings. The summed E-state index contributed by atoms with van der Waals surface area (Å²) in [6, 6.07) is 14.4. The van der Waals surface area contributed by atoms with E-state index in [4.69, 9.17) is 5.73 Å². The van der Waals surface area contributed by atoms with E-state index in [-0.39, 0.29) is 0 Å². The number of fused-ring (bicyclic) bond motifs is 2. The minimum atomic E-state index is 0.827. The summed E-state index contributed by atoms with van der Waals surface area (Å²) in [5.74, 6) is 0. The van der Waals surface area contributed by atoms with Crippen LogP contribution >= 0.6 is 0 Å². The Bertz CT molecular complexity index is 807. The Labute approximate surface area is 123 Å². The van der Waals surface area contributed by atoms with Crippen LogP contribution < -0.4 is 10.6 Å². The Hall–Kier alpha value is -2.62. The van der Waals surface area contributed by atoms with E-state index >= 15 is 0 Å². The van der Waals surface area contributed by atoms with E-state index in [0.29, 0.717) is 0 Å². The molecule has 1 aromatic heterocycles. The van der Waals surface area contributed by atoms with Crippen molar-refractivity contribution in [1.29, 1.82) is 0 Å². The first kappa shape index (κ1) is 12.1. The third-order valence-electron chi connectivity index (χ3n) is 4.11. The molecule has 0 radical (unpaired) electrons. The Morgan fingerprint density at radius 3 is 2.90 bits per heavy atom. The lowest BCUT2D eigenvalue weighted by molar-refractivity contribution is 0.732. The molecule has 4 rings (SSSR count). The van der Waals surface area contributed by atoms with Crippen molar-refractivity contribution in [1.82, 2.24) is 10.2 Å². The van der Waals surface area contributed by atoms with Gasteiger partial charge in [0.15, 0.2) is 0 Å². The second-order valence-corrected chi connectivity index (χ2v) is 5.45. The molecule has 0 aliphatic carbocycles. The maximum absolute atomic E-state index is 5.92. The van der Waals surface area contributed by atoms with Crippen LogP contribution in [-0.2, 0) is 13.0 Å². The molecule has 0 amide bonds. The predicted molar refractivity (Wildman–Crippen MR) is 85.1 cm³/mol. The van der Waals surface area contributed by atoms with Crippen molar-refractivity contribution in [2.75, 3.05) is 17.2 Å². The smallest absolute Gasteiger partial charge is 0.0950 e. The number of nitrogen functional groups attached to an aromatic ring is 1. The van der Waals surface area contributed by atoms with Crippen LogP contribution in [0.5, 0.6) is 0 Å². The van der Waals surface area contributed by atoms with Gasteiger partial charge in [0, 0.05) is 24.2 Å². The van der Waals surface area contributed by atoms with Gasteiger partial charge in [0.05, 0.1) is 17.4 Å². The monoisotopic (exact) mass is 276 g/mol. The summed E-state index contributed by atoms with van der Waals surface area (Å²) in [6.07, 6.45) is 2.89. The molecule has 0 bridgehead atoms. The van der Waals surface area contributed by atoms with E-state index in [9.17, 15) is 0 Å². The van der Waals surface area contributed by atoms with Crippen LogP contribution in [0.1, 0.15) is 11.1 Å². The van der Waals surface area contributed by atoms with Crippen LogP contribution in [0, 0.1) is 0 Å². The Balaban J connectivity index is 1.77. The highest BCUT2D eigenvalue weighted by molar-refractivity contribution is 5.90. The first-order chi connectivity index (χ1) is 10.3. The second kappa shape index (κ2) is 4.74. The van der Waals surface area contributed by atoms with Crippen LogP contribution in [0.3, 0.4) is 0 Å². The minimum absolute atomic E-state index is 0.827. The number of benzene rings is 2. The molecule has 0 saturated carbocycles. The Morgan fingerprint density at radius 2 is 1.95 bits per heavy atom. The summed E-state index contributed by atoms with van der Waals surface area (Å²) in [5, 5.41) is 9.50. The lowest BCUT2D eigenvalue weighted by Crippen LogP contribution is -2.30. The fourth-order valence-electron chi connectivity index (χ4n) is 3.03. The highest BCUT2D eigenvalue weighted by Gasteiger charge is 2.18. The number of anilines is 2. The first-order valence-corrected chi connectivity index (χ1v) is 7.14. The topological polar surface area (TPSA) is 55.0 Å². The summed E-state index contributed by atoms with van der Waals surface area (Å²) in [5.41, 5.74) is 11.5. The van der Waals surface area contributed by atoms with Crippen molar-refractivity contribution < 1.29 is 0 Å². The van der Waals surface area contributed by atoms with Gasteiger partial charge in [-0.15, -0.1) is 0 Å². The van der Waals surface area contributed by atoms with Gasteiger partial charge in [0.25, 0.3) is 0 Å². The Morgan fingerprint density at radius 1 is 1.05 bits per heavy atom. The van der Waals surface area contributed by atoms with Crippen molar-refractivity contribution in [2.24, 2.45) is 0 Å². The molecule has 104 valence electrons. The fraction of sp³-hybridized carbons (Fsp3) is 0.176.